The van der Waals surface area contributed by atoms with Gasteiger partial charge < -0.3 is 0 Å². The van der Waals surface area contributed by atoms with Crippen LogP contribution in [0.15, 0.2) is 17.3 Å². The first-order chi connectivity index (χ1) is 9.77. The van der Waals surface area contributed by atoms with Crippen LogP contribution in [0.3, 0.4) is 0 Å². The zero-order valence-electron chi connectivity index (χ0n) is 12.1. The van der Waals surface area contributed by atoms with Gasteiger partial charge in [0.05, 0.1) is 11.9 Å². The van der Waals surface area contributed by atoms with Gasteiger partial charge in [-0.2, -0.15) is 9.40 Å². The first-order valence-electron chi connectivity index (χ1n) is 6.74. The van der Waals surface area contributed by atoms with Crippen LogP contribution >= 0.6 is 0 Å². The highest BCUT2D eigenvalue weighted by Gasteiger charge is 2.30. The molecule has 120 valence electrons. The highest BCUT2D eigenvalue weighted by Crippen LogP contribution is 2.18. The fourth-order valence-electron chi connectivity index (χ4n) is 2.25. The molecule has 1 fully saturated rings. The summed E-state index contributed by atoms with van der Waals surface area (Å²) in [5.41, 5.74) is 0. The van der Waals surface area contributed by atoms with Crippen molar-refractivity contribution in [3.05, 3.63) is 12.4 Å². The predicted molar refractivity (Wildman–Crippen MR) is 77.6 cm³/mol. The lowest BCUT2D eigenvalue weighted by atomic mass is 10.4. The zero-order chi connectivity index (χ0) is 15.7. The normalized spacial score (nSPS) is 19.5. The number of hydrogen-bond donors (Lipinski definition) is 0. The lowest BCUT2D eigenvalue weighted by Gasteiger charge is -2.20. The third-order valence-corrected chi connectivity index (χ3v) is 7.22. The Morgan fingerprint density at radius 1 is 1.10 bits per heavy atom. The first-order valence-corrected chi connectivity index (χ1v) is 9.79. The van der Waals surface area contributed by atoms with Crippen molar-refractivity contribution in [3.8, 4) is 0 Å². The summed E-state index contributed by atoms with van der Waals surface area (Å²) in [5.74, 6) is 0.0301. The molecule has 1 saturated heterocycles. The maximum absolute atomic E-state index is 12.5. The second-order valence-electron chi connectivity index (χ2n) is 4.91. The molecule has 0 N–H and O–H groups in total. The zero-order valence-corrected chi connectivity index (χ0v) is 13.8. The average Bonchev–Trinajstić information content (AvgIpc) is 2.72. The molecule has 8 nitrogen and oxygen atoms in total. The quantitative estimate of drug-likeness (QED) is 0.737. The van der Waals surface area contributed by atoms with Crippen LogP contribution in [0.25, 0.3) is 0 Å². The van der Waals surface area contributed by atoms with Gasteiger partial charge in [-0.25, -0.2) is 21.1 Å². The van der Waals surface area contributed by atoms with Crippen LogP contribution in [-0.2, 0) is 27.1 Å². The van der Waals surface area contributed by atoms with E-state index in [4.69, 9.17) is 0 Å². The first kappa shape index (κ1) is 16.4. The summed E-state index contributed by atoms with van der Waals surface area (Å²) in [4.78, 5) is 0.136. The third-order valence-electron chi connectivity index (χ3n) is 3.49. The number of sulfonamides is 2. The van der Waals surface area contributed by atoms with Gasteiger partial charge in [0, 0.05) is 39.4 Å². The predicted octanol–water partition coefficient (Wildman–Crippen LogP) is -0.534. The second-order valence-corrected chi connectivity index (χ2v) is 9.10. The smallest absolute Gasteiger partial charge is 0.246 e. The monoisotopic (exact) mass is 336 g/mol. The van der Waals surface area contributed by atoms with E-state index in [0.717, 1.165) is 0 Å². The summed E-state index contributed by atoms with van der Waals surface area (Å²) in [6.07, 6.45) is 3.24. The van der Waals surface area contributed by atoms with Crippen LogP contribution in [0.5, 0.6) is 0 Å². The fourth-order valence-corrected chi connectivity index (χ4v) is 4.84. The molecule has 2 rings (SSSR count). The highest BCUT2D eigenvalue weighted by atomic mass is 32.2. The molecule has 0 amide bonds. The largest absolute Gasteiger partial charge is 0.274 e. The van der Waals surface area contributed by atoms with E-state index in [1.165, 1.54) is 25.7 Å². The minimum absolute atomic E-state index is 0.0301. The van der Waals surface area contributed by atoms with E-state index < -0.39 is 20.0 Å². The Hall–Kier alpha value is -0.970. The Kier molecular flexibility index (Phi) is 4.71. The molecule has 1 aromatic heterocycles. The fraction of sp³-hybridized carbons (Fsp3) is 0.727. The van der Waals surface area contributed by atoms with Crippen LogP contribution in [0.2, 0.25) is 0 Å². The molecule has 0 bridgehead atoms. The maximum atomic E-state index is 12.5. The van der Waals surface area contributed by atoms with Gasteiger partial charge in [0.25, 0.3) is 0 Å². The van der Waals surface area contributed by atoms with E-state index in [-0.39, 0.29) is 23.7 Å². The van der Waals surface area contributed by atoms with Crippen molar-refractivity contribution < 1.29 is 16.8 Å². The van der Waals surface area contributed by atoms with Crippen molar-refractivity contribution in [2.24, 2.45) is 7.05 Å². The Morgan fingerprint density at radius 3 is 2.29 bits per heavy atom. The summed E-state index contributed by atoms with van der Waals surface area (Å²) < 4.78 is 52.9. The molecule has 0 aliphatic carbocycles. The van der Waals surface area contributed by atoms with Crippen molar-refractivity contribution in [2.75, 3.05) is 31.9 Å². The van der Waals surface area contributed by atoms with Crippen molar-refractivity contribution >= 4 is 20.0 Å². The molecule has 2 heterocycles. The van der Waals surface area contributed by atoms with E-state index >= 15 is 0 Å². The van der Waals surface area contributed by atoms with Crippen LogP contribution in [0, 0.1) is 0 Å². The Morgan fingerprint density at radius 2 is 1.71 bits per heavy atom. The molecule has 0 unspecified atom stereocenters. The third kappa shape index (κ3) is 3.44. The van der Waals surface area contributed by atoms with Crippen molar-refractivity contribution in [1.29, 1.82) is 0 Å². The number of aromatic nitrogens is 2. The summed E-state index contributed by atoms with van der Waals surface area (Å²) in [6, 6.07) is 0. The van der Waals surface area contributed by atoms with Crippen molar-refractivity contribution in [2.45, 2.75) is 18.2 Å². The van der Waals surface area contributed by atoms with Crippen LogP contribution < -0.4 is 0 Å². The van der Waals surface area contributed by atoms with Crippen LogP contribution in [0.1, 0.15) is 13.3 Å². The van der Waals surface area contributed by atoms with E-state index in [1.807, 2.05) is 0 Å². The molecule has 0 spiro atoms. The van der Waals surface area contributed by atoms with E-state index in [0.29, 0.717) is 19.5 Å². The molecule has 0 aromatic carbocycles. The molecular formula is C11H20N4O4S2. The minimum Gasteiger partial charge on any atom is -0.274 e. The highest BCUT2D eigenvalue weighted by molar-refractivity contribution is 7.89. The van der Waals surface area contributed by atoms with Crippen molar-refractivity contribution in [3.63, 3.8) is 0 Å². The average molecular weight is 336 g/mol. The molecule has 1 aromatic rings. The Bertz CT molecular complexity index is 696. The Balaban J connectivity index is 2.17. The minimum atomic E-state index is -3.61. The molecule has 0 saturated carbocycles. The topological polar surface area (TPSA) is 92.6 Å². The van der Waals surface area contributed by atoms with Gasteiger partial charge in [-0.05, 0) is 13.3 Å². The summed E-state index contributed by atoms with van der Waals surface area (Å²) in [7, 11) is -5.24. The maximum Gasteiger partial charge on any atom is 0.246 e. The molecule has 1 aliphatic rings. The van der Waals surface area contributed by atoms with E-state index in [1.54, 1.807) is 14.0 Å². The van der Waals surface area contributed by atoms with Gasteiger partial charge >= 0.3 is 0 Å². The Labute approximate surface area is 125 Å². The molecule has 21 heavy (non-hydrogen) atoms. The molecule has 10 heteroatoms. The molecule has 0 atom stereocenters. The molecule has 0 radical (unpaired) electrons. The van der Waals surface area contributed by atoms with Gasteiger partial charge in [-0.3, -0.25) is 4.68 Å². The van der Waals surface area contributed by atoms with Gasteiger partial charge in [0.15, 0.2) is 0 Å². The number of aryl methyl sites for hydroxylation is 1. The summed E-state index contributed by atoms with van der Waals surface area (Å²) in [6.45, 7) is 2.61. The van der Waals surface area contributed by atoms with E-state index in [2.05, 4.69) is 5.10 Å². The number of rotatable bonds is 4. The number of nitrogens with zero attached hydrogens (tertiary/aromatic N) is 4. The van der Waals surface area contributed by atoms with Crippen LogP contribution in [-0.4, -0.2) is 67.2 Å². The number of hydrogen-bond acceptors (Lipinski definition) is 5. The van der Waals surface area contributed by atoms with Gasteiger partial charge in [-0.1, -0.05) is 0 Å². The standard InChI is InChI=1S/C11H20N4O4S2/c1-3-20(16,17)14-5-4-6-15(8-7-14)21(18,19)11-9-12-13(2)10-11/h9-10H,3-8H2,1-2H3. The lowest BCUT2D eigenvalue weighted by Crippen LogP contribution is -2.37. The SMILES string of the molecule is CCS(=O)(=O)N1CCCN(S(=O)(=O)c2cnn(C)c2)CC1. The van der Waals surface area contributed by atoms with Gasteiger partial charge in [-0.15, -0.1) is 0 Å². The van der Waals surface area contributed by atoms with Gasteiger partial charge in [0.1, 0.15) is 4.90 Å². The van der Waals surface area contributed by atoms with Gasteiger partial charge in [0.2, 0.25) is 20.0 Å². The summed E-state index contributed by atoms with van der Waals surface area (Å²) >= 11 is 0. The summed E-state index contributed by atoms with van der Waals surface area (Å²) in [5, 5.41) is 3.87. The van der Waals surface area contributed by atoms with Crippen molar-refractivity contribution in [1.82, 2.24) is 18.4 Å². The van der Waals surface area contributed by atoms with Crippen LogP contribution in [0.4, 0.5) is 0 Å². The molecular weight excluding hydrogens is 316 g/mol. The van der Waals surface area contributed by atoms with E-state index in [9.17, 15) is 16.8 Å². The lowest BCUT2D eigenvalue weighted by molar-refractivity contribution is 0.405. The molecule has 1 aliphatic heterocycles. The second kappa shape index (κ2) is 6.03.